The lowest BCUT2D eigenvalue weighted by molar-refractivity contribution is 0.597. The number of halogens is 2. The molecule has 5 nitrogen and oxygen atoms in total. The van der Waals surface area contributed by atoms with Crippen molar-refractivity contribution in [1.29, 1.82) is 0 Å². The van der Waals surface area contributed by atoms with Crippen molar-refractivity contribution in [3.63, 3.8) is 0 Å². The first-order valence-electron chi connectivity index (χ1n) is 4.65. The van der Waals surface area contributed by atoms with E-state index in [0.717, 1.165) is 12.8 Å². The minimum absolute atomic E-state index is 0.164. The molecule has 0 unspecified atom stereocenters. The van der Waals surface area contributed by atoms with Crippen molar-refractivity contribution in [2.24, 2.45) is 5.92 Å². The predicted molar refractivity (Wildman–Crippen MR) is 67.6 cm³/mol. The molecule has 0 saturated heterocycles. The van der Waals surface area contributed by atoms with Crippen LogP contribution in [0.4, 0.5) is 5.82 Å². The lowest BCUT2D eigenvalue weighted by Crippen LogP contribution is -2.19. The molecule has 1 N–H and O–H groups in total. The van der Waals surface area contributed by atoms with Crippen LogP contribution in [-0.4, -0.2) is 24.1 Å². The highest BCUT2D eigenvalue weighted by molar-refractivity contribution is 9.11. The third-order valence-corrected chi connectivity index (χ3v) is 4.45. The SMILES string of the molecule is O=S(=O)(CC1CC1)Nc1ncc(Br)nc1Br. The number of aromatic nitrogens is 2. The number of hydrogen-bond acceptors (Lipinski definition) is 4. The van der Waals surface area contributed by atoms with Crippen LogP contribution in [0.5, 0.6) is 0 Å². The largest absolute Gasteiger partial charge is 0.265 e. The Kier molecular flexibility index (Phi) is 3.50. The number of hydrogen-bond donors (Lipinski definition) is 1. The second-order valence-electron chi connectivity index (χ2n) is 3.66. The van der Waals surface area contributed by atoms with Gasteiger partial charge in [0, 0.05) is 0 Å². The van der Waals surface area contributed by atoms with Crippen molar-refractivity contribution in [2.45, 2.75) is 12.8 Å². The van der Waals surface area contributed by atoms with Gasteiger partial charge >= 0.3 is 0 Å². The first kappa shape index (κ1) is 12.3. The molecule has 0 radical (unpaired) electrons. The maximum absolute atomic E-state index is 11.7. The van der Waals surface area contributed by atoms with E-state index >= 15 is 0 Å². The molecule has 1 aliphatic carbocycles. The van der Waals surface area contributed by atoms with Crippen LogP contribution in [0.1, 0.15) is 12.8 Å². The predicted octanol–water partition coefficient (Wildman–Crippen LogP) is 2.15. The van der Waals surface area contributed by atoms with E-state index in [1.807, 2.05) is 0 Å². The molecular weight excluding hydrogens is 362 g/mol. The monoisotopic (exact) mass is 369 g/mol. The zero-order valence-electron chi connectivity index (χ0n) is 8.15. The summed E-state index contributed by atoms with van der Waals surface area (Å²) >= 11 is 6.30. The second-order valence-corrected chi connectivity index (χ2v) is 6.99. The third-order valence-electron chi connectivity index (χ3n) is 2.10. The van der Waals surface area contributed by atoms with Gasteiger partial charge in [0.2, 0.25) is 10.0 Å². The lowest BCUT2D eigenvalue weighted by Gasteiger charge is -2.07. The average Bonchev–Trinajstić information content (AvgIpc) is 2.93. The Balaban J connectivity index is 2.13. The molecule has 1 heterocycles. The van der Waals surface area contributed by atoms with Crippen LogP contribution in [0, 0.1) is 5.92 Å². The van der Waals surface area contributed by atoms with Crippen molar-refractivity contribution < 1.29 is 8.42 Å². The average molecular weight is 371 g/mol. The molecule has 0 aliphatic heterocycles. The van der Waals surface area contributed by atoms with Gasteiger partial charge in [-0.25, -0.2) is 18.4 Å². The Bertz CT molecular complexity index is 502. The van der Waals surface area contributed by atoms with Crippen LogP contribution in [0.3, 0.4) is 0 Å². The zero-order chi connectivity index (χ0) is 11.8. The van der Waals surface area contributed by atoms with E-state index in [-0.39, 0.29) is 11.6 Å². The summed E-state index contributed by atoms with van der Waals surface area (Å²) in [6.45, 7) is 0. The van der Waals surface area contributed by atoms with Crippen molar-refractivity contribution in [3.05, 3.63) is 15.4 Å². The number of anilines is 1. The molecule has 1 aromatic rings. The van der Waals surface area contributed by atoms with Crippen LogP contribution < -0.4 is 4.72 Å². The quantitative estimate of drug-likeness (QED) is 0.881. The number of sulfonamides is 1. The van der Waals surface area contributed by atoms with Gasteiger partial charge in [0.05, 0.1) is 11.9 Å². The summed E-state index contributed by atoms with van der Waals surface area (Å²) in [5, 5.41) is 0. The molecule has 0 atom stereocenters. The van der Waals surface area contributed by atoms with Gasteiger partial charge in [0.15, 0.2) is 10.4 Å². The van der Waals surface area contributed by atoms with Crippen molar-refractivity contribution in [2.75, 3.05) is 10.5 Å². The molecule has 1 aliphatic rings. The Morgan fingerprint density at radius 3 is 2.69 bits per heavy atom. The fourth-order valence-electron chi connectivity index (χ4n) is 1.20. The molecule has 1 aromatic heterocycles. The molecule has 0 spiro atoms. The highest BCUT2D eigenvalue weighted by atomic mass is 79.9. The minimum atomic E-state index is -3.30. The van der Waals surface area contributed by atoms with E-state index < -0.39 is 10.0 Å². The van der Waals surface area contributed by atoms with Crippen molar-refractivity contribution >= 4 is 47.7 Å². The highest BCUT2D eigenvalue weighted by Gasteiger charge is 2.28. The normalized spacial score (nSPS) is 16.1. The van der Waals surface area contributed by atoms with Gasteiger partial charge in [-0.3, -0.25) is 4.72 Å². The van der Waals surface area contributed by atoms with Crippen LogP contribution in [0.15, 0.2) is 15.4 Å². The van der Waals surface area contributed by atoms with Crippen LogP contribution >= 0.6 is 31.9 Å². The first-order chi connectivity index (χ1) is 7.46. The molecule has 8 heteroatoms. The summed E-state index contributed by atoms with van der Waals surface area (Å²) in [5.74, 6) is 0.695. The molecule has 1 saturated carbocycles. The lowest BCUT2D eigenvalue weighted by atomic mass is 10.5. The molecule has 0 aromatic carbocycles. The van der Waals surface area contributed by atoms with E-state index in [4.69, 9.17) is 0 Å². The van der Waals surface area contributed by atoms with Gasteiger partial charge in [-0.1, -0.05) is 0 Å². The van der Waals surface area contributed by atoms with Crippen LogP contribution in [-0.2, 0) is 10.0 Å². The molecule has 1 fully saturated rings. The van der Waals surface area contributed by atoms with E-state index in [9.17, 15) is 8.42 Å². The molecular formula is C8H9Br2N3O2S. The Hall–Kier alpha value is -0.210. The summed E-state index contributed by atoms with van der Waals surface area (Å²) in [4.78, 5) is 7.94. The van der Waals surface area contributed by atoms with Crippen molar-refractivity contribution in [3.8, 4) is 0 Å². The molecule has 88 valence electrons. The number of nitrogens with one attached hydrogen (secondary N) is 1. The Labute approximate surface area is 110 Å². The van der Waals surface area contributed by atoms with Gasteiger partial charge in [-0.15, -0.1) is 0 Å². The fourth-order valence-corrected chi connectivity index (χ4v) is 3.72. The minimum Gasteiger partial charge on any atom is -0.265 e. The highest BCUT2D eigenvalue weighted by Crippen LogP contribution is 2.31. The van der Waals surface area contributed by atoms with Gasteiger partial charge in [0.25, 0.3) is 0 Å². The second kappa shape index (κ2) is 4.58. The Morgan fingerprint density at radius 1 is 1.44 bits per heavy atom. The smallest absolute Gasteiger partial charge is 0.234 e. The molecule has 2 rings (SSSR count). The van der Waals surface area contributed by atoms with Gasteiger partial charge in [-0.2, -0.15) is 0 Å². The van der Waals surface area contributed by atoms with Gasteiger partial charge in [0.1, 0.15) is 4.60 Å². The summed E-state index contributed by atoms with van der Waals surface area (Å²) in [6, 6.07) is 0. The van der Waals surface area contributed by atoms with E-state index in [0.29, 0.717) is 15.1 Å². The van der Waals surface area contributed by atoms with Gasteiger partial charge < -0.3 is 0 Å². The molecule has 0 bridgehead atoms. The topological polar surface area (TPSA) is 72.0 Å². The maximum Gasteiger partial charge on any atom is 0.234 e. The van der Waals surface area contributed by atoms with Crippen molar-refractivity contribution in [1.82, 2.24) is 9.97 Å². The summed E-state index contributed by atoms with van der Waals surface area (Å²) in [5.41, 5.74) is 0. The van der Waals surface area contributed by atoms with E-state index in [2.05, 4.69) is 46.5 Å². The Morgan fingerprint density at radius 2 is 2.12 bits per heavy atom. The number of rotatable bonds is 4. The van der Waals surface area contributed by atoms with Crippen LogP contribution in [0.25, 0.3) is 0 Å². The molecule has 16 heavy (non-hydrogen) atoms. The van der Waals surface area contributed by atoms with Crippen LogP contribution in [0.2, 0.25) is 0 Å². The zero-order valence-corrected chi connectivity index (χ0v) is 12.1. The summed E-state index contributed by atoms with van der Waals surface area (Å²) in [6.07, 6.45) is 3.43. The molecule has 0 amide bonds. The standard InChI is InChI=1S/C8H9Br2N3O2S/c9-6-3-11-8(7(10)12-6)13-16(14,15)4-5-1-2-5/h3,5H,1-2,4H2,(H,11,13). The fraction of sp³-hybridized carbons (Fsp3) is 0.500. The first-order valence-corrected chi connectivity index (χ1v) is 7.88. The summed E-state index contributed by atoms with van der Waals surface area (Å²) in [7, 11) is -3.30. The maximum atomic E-state index is 11.7. The van der Waals surface area contributed by atoms with Gasteiger partial charge in [-0.05, 0) is 50.6 Å². The number of nitrogens with zero attached hydrogens (tertiary/aromatic N) is 2. The third kappa shape index (κ3) is 3.39. The van der Waals surface area contributed by atoms with E-state index in [1.165, 1.54) is 6.20 Å². The summed E-state index contributed by atoms with van der Waals surface area (Å²) < 4.78 is 26.7. The van der Waals surface area contributed by atoms with E-state index in [1.54, 1.807) is 0 Å².